The van der Waals surface area contributed by atoms with E-state index in [0.717, 1.165) is 5.56 Å². The van der Waals surface area contributed by atoms with Gasteiger partial charge in [-0.25, -0.2) is 9.19 Å². The highest BCUT2D eigenvalue weighted by Gasteiger charge is 2.08. The molecule has 2 aromatic carbocycles. The maximum absolute atomic E-state index is 12.5. The van der Waals surface area contributed by atoms with Crippen LogP contribution in [-0.4, -0.2) is 15.4 Å². The van der Waals surface area contributed by atoms with Gasteiger partial charge in [-0.2, -0.15) is 0 Å². The van der Waals surface area contributed by atoms with Gasteiger partial charge in [0.1, 0.15) is 22.4 Å². The zero-order chi connectivity index (χ0) is 19.2. The van der Waals surface area contributed by atoms with E-state index >= 15 is 0 Å². The molecule has 0 unspecified atom stereocenters. The Morgan fingerprint density at radius 3 is 2.41 bits per heavy atom. The highest BCUT2D eigenvalue weighted by molar-refractivity contribution is 7.85. The van der Waals surface area contributed by atoms with E-state index in [1.165, 1.54) is 6.21 Å². The van der Waals surface area contributed by atoms with E-state index in [-0.39, 0.29) is 6.61 Å². The van der Waals surface area contributed by atoms with Gasteiger partial charge in [-0.1, -0.05) is 46.0 Å². The van der Waals surface area contributed by atoms with Crippen molar-refractivity contribution in [2.45, 2.75) is 16.5 Å². The minimum absolute atomic E-state index is 0.221. The van der Waals surface area contributed by atoms with Crippen LogP contribution in [0.1, 0.15) is 11.1 Å². The van der Waals surface area contributed by atoms with Crippen molar-refractivity contribution in [2.75, 3.05) is 0 Å². The van der Waals surface area contributed by atoms with Gasteiger partial charge in [0.25, 0.3) is 0 Å². The molecule has 27 heavy (non-hydrogen) atoms. The average molecular weight is 440 g/mol. The van der Waals surface area contributed by atoms with Crippen LogP contribution in [-0.2, 0) is 22.2 Å². The lowest BCUT2D eigenvalue weighted by atomic mass is 10.2. The number of benzene rings is 2. The van der Waals surface area contributed by atoms with Crippen molar-refractivity contribution in [1.29, 1.82) is 0 Å². The third kappa shape index (κ3) is 5.53. The molecule has 4 nitrogen and oxygen atoms in total. The summed E-state index contributed by atoms with van der Waals surface area (Å²) in [7, 11) is -1.37. The van der Waals surface area contributed by atoms with Crippen LogP contribution in [0.25, 0.3) is 0 Å². The first kappa shape index (κ1) is 19.8. The standard InChI is InChI=1S/C19H13Cl3N2O2S/c20-15-4-6-17(7-5-15)27(25)19-8-1-13(10-23-19)11-24-26-12-14-2-3-16(21)9-18(14)22/h1-11H,12H2/b24-11-/t27-/m0/s1. The van der Waals surface area contributed by atoms with Crippen LogP contribution < -0.4 is 0 Å². The van der Waals surface area contributed by atoms with Crippen LogP contribution in [0.4, 0.5) is 0 Å². The predicted molar refractivity (Wildman–Crippen MR) is 109 cm³/mol. The van der Waals surface area contributed by atoms with Crippen molar-refractivity contribution in [1.82, 2.24) is 4.98 Å². The Hall–Kier alpha value is -1.92. The number of hydrogen-bond acceptors (Lipinski definition) is 4. The Kier molecular flexibility index (Phi) is 6.85. The highest BCUT2D eigenvalue weighted by Crippen LogP contribution is 2.21. The molecule has 3 aromatic rings. The molecule has 8 heteroatoms. The van der Waals surface area contributed by atoms with Crippen molar-refractivity contribution in [3.8, 4) is 0 Å². The molecule has 0 spiro atoms. The molecule has 3 rings (SSSR count). The lowest BCUT2D eigenvalue weighted by Crippen LogP contribution is -1.97. The largest absolute Gasteiger partial charge is 0.391 e. The second kappa shape index (κ2) is 9.33. The van der Waals surface area contributed by atoms with E-state index in [1.54, 1.807) is 60.8 Å². The maximum atomic E-state index is 12.5. The fourth-order valence-corrected chi connectivity index (χ4v) is 3.65. The second-order valence-corrected chi connectivity index (χ2v) is 8.10. The van der Waals surface area contributed by atoms with Gasteiger partial charge in [0, 0.05) is 37.3 Å². The summed E-state index contributed by atoms with van der Waals surface area (Å²) in [6.07, 6.45) is 3.09. The molecule has 0 N–H and O–H groups in total. The summed E-state index contributed by atoms with van der Waals surface area (Å²) in [6.45, 7) is 0.221. The molecule has 0 fully saturated rings. The zero-order valence-electron chi connectivity index (χ0n) is 13.8. The molecule has 0 bridgehead atoms. The quantitative estimate of drug-likeness (QED) is 0.362. The molecule has 1 heterocycles. The zero-order valence-corrected chi connectivity index (χ0v) is 16.9. The summed E-state index contributed by atoms with van der Waals surface area (Å²) in [4.78, 5) is 10.1. The van der Waals surface area contributed by atoms with Gasteiger partial charge in [-0.15, -0.1) is 0 Å². The number of oxime groups is 1. The van der Waals surface area contributed by atoms with Gasteiger partial charge >= 0.3 is 0 Å². The van der Waals surface area contributed by atoms with Gasteiger partial charge in [0.2, 0.25) is 0 Å². The van der Waals surface area contributed by atoms with Gasteiger partial charge in [-0.05, 0) is 48.5 Å². The topological polar surface area (TPSA) is 51.5 Å². The second-order valence-electron chi connectivity index (χ2n) is 5.40. The van der Waals surface area contributed by atoms with Gasteiger partial charge < -0.3 is 4.84 Å². The average Bonchev–Trinajstić information content (AvgIpc) is 2.67. The molecular weight excluding hydrogens is 427 g/mol. The molecule has 0 saturated heterocycles. The smallest absolute Gasteiger partial charge is 0.143 e. The van der Waals surface area contributed by atoms with E-state index in [2.05, 4.69) is 10.1 Å². The lowest BCUT2D eigenvalue weighted by Gasteiger charge is -2.03. The van der Waals surface area contributed by atoms with Crippen LogP contribution in [0.3, 0.4) is 0 Å². The molecule has 1 aromatic heterocycles. The summed E-state index contributed by atoms with van der Waals surface area (Å²) in [5.74, 6) is 0. The molecule has 0 amide bonds. The Balaban J connectivity index is 1.59. The molecule has 138 valence electrons. The van der Waals surface area contributed by atoms with E-state index in [4.69, 9.17) is 39.6 Å². The van der Waals surface area contributed by atoms with E-state index in [9.17, 15) is 4.21 Å². The third-order valence-electron chi connectivity index (χ3n) is 3.49. The van der Waals surface area contributed by atoms with Crippen molar-refractivity contribution in [3.63, 3.8) is 0 Å². The summed E-state index contributed by atoms with van der Waals surface area (Å²) in [6, 6.07) is 15.4. The van der Waals surface area contributed by atoms with Crippen molar-refractivity contribution < 1.29 is 9.05 Å². The first-order valence-corrected chi connectivity index (χ1v) is 10.0. The Morgan fingerprint density at radius 1 is 1.00 bits per heavy atom. The number of hydrogen-bond donors (Lipinski definition) is 0. The first-order chi connectivity index (χ1) is 13.0. The van der Waals surface area contributed by atoms with Crippen LogP contribution in [0.5, 0.6) is 0 Å². The summed E-state index contributed by atoms with van der Waals surface area (Å²) in [5.41, 5.74) is 1.50. The number of rotatable bonds is 6. The normalized spacial score (nSPS) is 12.3. The number of nitrogens with zero attached hydrogens (tertiary/aromatic N) is 2. The Morgan fingerprint density at radius 2 is 1.74 bits per heavy atom. The third-order valence-corrected chi connectivity index (χ3v) is 5.65. The number of pyridine rings is 1. The Labute approximate surface area is 174 Å². The number of aromatic nitrogens is 1. The first-order valence-electron chi connectivity index (χ1n) is 7.75. The molecule has 0 saturated carbocycles. The molecule has 0 aliphatic heterocycles. The van der Waals surface area contributed by atoms with Crippen LogP contribution >= 0.6 is 34.8 Å². The number of halogens is 3. The summed E-state index contributed by atoms with van der Waals surface area (Å²) >= 11 is 17.8. The fourth-order valence-electron chi connectivity index (χ4n) is 2.10. The van der Waals surface area contributed by atoms with Gasteiger partial charge in [0.15, 0.2) is 0 Å². The van der Waals surface area contributed by atoms with Crippen LogP contribution in [0, 0.1) is 0 Å². The van der Waals surface area contributed by atoms with E-state index in [0.29, 0.717) is 30.6 Å². The van der Waals surface area contributed by atoms with E-state index < -0.39 is 10.8 Å². The molecule has 0 aliphatic rings. The van der Waals surface area contributed by atoms with Crippen molar-refractivity contribution in [3.05, 3.63) is 87.0 Å². The minimum Gasteiger partial charge on any atom is -0.391 e. The molecule has 0 aliphatic carbocycles. The maximum Gasteiger partial charge on any atom is 0.143 e. The van der Waals surface area contributed by atoms with Crippen molar-refractivity contribution in [2.24, 2.45) is 5.16 Å². The van der Waals surface area contributed by atoms with Crippen LogP contribution in [0.2, 0.25) is 15.1 Å². The SMILES string of the molecule is O=[S@@](c1ccc(Cl)cc1)c1ccc(/C=N\OCc2ccc(Cl)cc2Cl)cn1. The van der Waals surface area contributed by atoms with E-state index in [1.807, 2.05) is 0 Å². The fraction of sp³-hybridized carbons (Fsp3) is 0.0526. The van der Waals surface area contributed by atoms with Crippen LogP contribution in [0.15, 0.2) is 75.9 Å². The highest BCUT2D eigenvalue weighted by atomic mass is 35.5. The Bertz CT molecular complexity index is 977. The molecule has 0 radical (unpaired) electrons. The van der Waals surface area contributed by atoms with Gasteiger partial charge in [-0.3, -0.25) is 0 Å². The van der Waals surface area contributed by atoms with Crippen molar-refractivity contribution >= 4 is 51.8 Å². The monoisotopic (exact) mass is 438 g/mol. The predicted octanol–water partition coefficient (Wildman–Crippen LogP) is 5.76. The minimum atomic E-state index is -1.37. The van der Waals surface area contributed by atoms with Gasteiger partial charge in [0.05, 0.1) is 6.21 Å². The molecule has 1 atom stereocenters. The lowest BCUT2D eigenvalue weighted by molar-refractivity contribution is 0.132. The summed E-state index contributed by atoms with van der Waals surface area (Å²) in [5, 5.41) is 6.02. The molecular formula is C19H13Cl3N2O2S. The summed E-state index contributed by atoms with van der Waals surface area (Å²) < 4.78 is 12.5.